The Hall–Kier alpha value is -2.30. The molecule has 0 aromatic carbocycles. The summed E-state index contributed by atoms with van der Waals surface area (Å²) < 4.78 is 65.2. The number of ether oxygens (including phenoxy) is 7. The van der Waals surface area contributed by atoms with Crippen molar-refractivity contribution in [1.82, 2.24) is 0 Å². The molecule has 0 amide bonds. The molecule has 11 N–H and O–H groups in total. The van der Waals surface area contributed by atoms with Gasteiger partial charge in [-0.05, 0) is 44.9 Å². The number of esters is 3. The number of carbonyl (C=O) groups excluding carboxylic acids is 3. The highest BCUT2D eigenvalue weighted by Crippen LogP contribution is 2.49. The quantitative estimate of drug-likeness (QED) is 0.00886. The van der Waals surface area contributed by atoms with E-state index in [9.17, 15) is 74.9 Å². The molecule has 1 saturated carbocycles. The molecule has 2 aliphatic heterocycles. The Balaban J connectivity index is 1.71. The third-order valence-corrected chi connectivity index (χ3v) is 20.8. The molecule has 2 heterocycles. The van der Waals surface area contributed by atoms with Gasteiger partial charge in [-0.1, -0.05) is 270 Å². The number of unbranched alkanes of at least 4 members (excludes halogenated alkanes) is 40. The average Bonchev–Trinajstić information content (AvgIpc) is 0.760. The summed E-state index contributed by atoms with van der Waals surface area (Å²) in [6.45, 7) is 3.48. The van der Waals surface area contributed by atoms with Gasteiger partial charge in [0.15, 0.2) is 18.7 Å². The van der Waals surface area contributed by atoms with Gasteiger partial charge in [-0.15, -0.1) is 0 Å². The van der Waals surface area contributed by atoms with Gasteiger partial charge in [0.05, 0.1) is 13.2 Å². The predicted octanol–water partition coefficient (Wildman–Crippen LogP) is 11.9. The third kappa shape index (κ3) is 40.5. The molecule has 101 heavy (non-hydrogen) atoms. The lowest BCUT2D eigenvalue weighted by Gasteiger charge is -2.49. The number of hydrogen-bond donors (Lipinski definition) is 11. The molecule has 1 aliphatic carbocycles. The van der Waals surface area contributed by atoms with Crippen LogP contribution in [0.2, 0.25) is 0 Å². The standard InChI is InChI=1S/C76H141O24P/c1-4-7-10-13-16-19-22-25-28-31-34-37-40-43-46-49-52-62(80)95-57(54-92-60(78)50-47-44-41-38-35-32-29-26-23-20-17-14-11-8-5-2)55-94-101(90,91)100-74-72(98-75-70(88)65(83)63(81)58(53-77)96-75)68(86)67(85)69(87)73(74)99-76-71(89)66(84)64(82)59(97-76)56-93-61(79)51-48-45-42-39-36-33-30-27-24-21-18-15-12-9-6-3/h20,23,57-59,63-77,81-89H,4-19,21-22,24-56H2,1-3H3,(H,90,91)/b23-20-. The molecule has 3 fully saturated rings. The highest BCUT2D eigenvalue weighted by Gasteiger charge is 2.58. The van der Waals surface area contributed by atoms with Crippen molar-refractivity contribution in [3.05, 3.63) is 12.2 Å². The number of phosphoric acid groups is 1. The van der Waals surface area contributed by atoms with E-state index in [1.807, 2.05) is 0 Å². The van der Waals surface area contributed by atoms with E-state index < -0.39 is 156 Å². The van der Waals surface area contributed by atoms with Crippen LogP contribution in [-0.2, 0) is 61.2 Å². The van der Waals surface area contributed by atoms with Crippen LogP contribution in [0.1, 0.15) is 323 Å². The molecule has 3 aliphatic rings. The van der Waals surface area contributed by atoms with Gasteiger partial charge < -0.3 is 89.1 Å². The van der Waals surface area contributed by atoms with Gasteiger partial charge in [-0.3, -0.25) is 23.4 Å². The van der Waals surface area contributed by atoms with Crippen LogP contribution in [0.5, 0.6) is 0 Å². The van der Waals surface area contributed by atoms with E-state index >= 15 is 0 Å². The van der Waals surface area contributed by atoms with Gasteiger partial charge in [-0.2, -0.15) is 0 Å². The summed E-state index contributed by atoms with van der Waals surface area (Å²) in [5.74, 6) is -1.98. The van der Waals surface area contributed by atoms with Crippen molar-refractivity contribution < 1.29 is 117 Å². The molecule has 0 spiro atoms. The zero-order valence-electron chi connectivity index (χ0n) is 62.2. The Morgan fingerprint density at radius 1 is 0.376 bits per heavy atom. The van der Waals surface area contributed by atoms with Crippen molar-refractivity contribution in [2.24, 2.45) is 0 Å². The van der Waals surface area contributed by atoms with Crippen molar-refractivity contribution >= 4 is 25.7 Å². The second-order valence-electron chi connectivity index (χ2n) is 28.8. The molecule has 18 atom stereocenters. The van der Waals surface area contributed by atoms with Crippen LogP contribution in [0.25, 0.3) is 0 Å². The van der Waals surface area contributed by atoms with Gasteiger partial charge in [-0.25, -0.2) is 4.57 Å². The fourth-order valence-electron chi connectivity index (χ4n) is 13.3. The minimum atomic E-state index is -5.70. The number of rotatable bonds is 63. The number of carbonyl (C=O) groups is 3. The molecular formula is C76H141O24P. The molecular weight excluding hydrogens is 1330 g/mol. The Morgan fingerprint density at radius 2 is 0.693 bits per heavy atom. The Bertz CT molecular complexity index is 2130. The van der Waals surface area contributed by atoms with E-state index in [1.165, 1.54) is 148 Å². The Kier molecular flexibility index (Phi) is 53.2. The molecule has 2 saturated heterocycles. The summed E-state index contributed by atoms with van der Waals surface area (Å²) >= 11 is 0. The first kappa shape index (κ1) is 92.9. The van der Waals surface area contributed by atoms with Gasteiger partial charge in [0.25, 0.3) is 0 Å². The van der Waals surface area contributed by atoms with E-state index in [2.05, 4.69) is 32.9 Å². The van der Waals surface area contributed by atoms with Crippen LogP contribution in [0, 0.1) is 0 Å². The largest absolute Gasteiger partial charge is 0.472 e. The second-order valence-corrected chi connectivity index (χ2v) is 30.2. The molecule has 0 bridgehead atoms. The summed E-state index contributed by atoms with van der Waals surface area (Å²) in [5, 5.41) is 110. The van der Waals surface area contributed by atoms with Crippen LogP contribution in [-0.4, -0.2) is 204 Å². The van der Waals surface area contributed by atoms with E-state index in [0.717, 1.165) is 116 Å². The van der Waals surface area contributed by atoms with Crippen LogP contribution >= 0.6 is 7.82 Å². The number of allylic oxidation sites excluding steroid dienone is 2. The van der Waals surface area contributed by atoms with E-state index in [4.69, 9.17) is 42.2 Å². The van der Waals surface area contributed by atoms with Gasteiger partial charge in [0.2, 0.25) is 0 Å². The Labute approximate surface area is 605 Å². The molecule has 0 aromatic rings. The fraction of sp³-hybridized carbons (Fsp3) is 0.934. The van der Waals surface area contributed by atoms with Crippen molar-refractivity contribution in [3.63, 3.8) is 0 Å². The minimum Gasteiger partial charge on any atom is -0.463 e. The summed E-state index contributed by atoms with van der Waals surface area (Å²) in [7, 11) is -5.70. The fourth-order valence-corrected chi connectivity index (χ4v) is 14.2. The van der Waals surface area contributed by atoms with Crippen LogP contribution < -0.4 is 0 Å². The molecule has 18 unspecified atom stereocenters. The summed E-state index contributed by atoms with van der Waals surface area (Å²) in [5.41, 5.74) is 0. The SMILES string of the molecule is CCCCCC/C=C\CCCCCCCCCC(=O)OCC(COP(=O)(O)OC1C(OC2OC(CO)C(O)C(O)C2O)C(O)C(O)C(O)C1OC1OC(COC(=O)CCCCCCCCCCCCCCCCC)C(O)C(O)C1O)OC(=O)CCCCCCCCCCCCCCCCCC. The smallest absolute Gasteiger partial charge is 0.463 e. The third-order valence-electron chi connectivity index (χ3n) is 19.8. The number of aliphatic hydroxyl groups is 10. The molecule has 594 valence electrons. The van der Waals surface area contributed by atoms with E-state index in [1.54, 1.807) is 0 Å². The van der Waals surface area contributed by atoms with Gasteiger partial charge in [0.1, 0.15) is 98.7 Å². The summed E-state index contributed by atoms with van der Waals surface area (Å²) in [4.78, 5) is 51.1. The minimum absolute atomic E-state index is 0.0328. The highest BCUT2D eigenvalue weighted by atomic mass is 31.2. The Morgan fingerprint density at radius 3 is 1.08 bits per heavy atom. The molecule has 0 aromatic heterocycles. The maximum atomic E-state index is 14.4. The number of aliphatic hydroxyl groups excluding tert-OH is 10. The highest BCUT2D eigenvalue weighted by molar-refractivity contribution is 7.47. The maximum Gasteiger partial charge on any atom is 0.472 e. The van der Waals surface area contributed by atoms with Crippen molar-refractivity contribution in [2.45, 2.75) is 427 Å². The monoisotopic (exact) mass is 1470 g/mol. The normalized spacial score (nSPS) is 27.2. The van der Waals surface area contributed by atoms with Gasteiger partial charge >= 0.3 is 25.7 Å². The van der Waals surface area contributed by atoms with Crippen LogP contribution in [0.3, 0.4) is 0 Å². The summed E-state index contributed by atoms with van der Waals surface area (Å²) in [6.07, 6.45) is 18.2. The van der Waals surface area contributed by atoms with Crippen molar-refractivity contribution in [1.29, 1.82) is 0 Å². The lowest BCUT2D eigenvalue weighted by Crippen LogP contribution is -2.69. The molecule has 3 rings (SSSR count). The van der Waals surface area contributed by atoms with E-state index in [0.29, 0.717) is 19.3 Å². The first-order valence-corrected chi connectivity index (χ1v) is 41.5. The molecule has 25 heteroatoms. The maximum absolute atomic E-state index is 14.4. The summed E-state index contributed by atoms with van der Waals surface area (Å²) in [6, 6.07) is 0. The zero-order chi connectivity index (χ0) is 73.9. The predicted molar refractivity (Wildman–Crippen MR) is 384 cm³/mol. The van der Waals surface area contributed by atoms with Crippen molar-refractivity contribution in [2.75, 3.05) is 26.4 Å². The molecule has 0 radical (unpaired) electrons. The lowest BCUT2D eigenvalue weighted by atomic mass is 9.84. The lowest BCUT2D eigenvalue weighted by molar-refractivity contribution is -0.360. The second kappa shape index (κ2) is 57.8. The van der Waals surface area contributed by atoms with E-state index in [-0.39, 0.29) is 19.3 Å². The molecule has 24 nitrogen and oxygen atoms in total. The first-order chi connectivity index (χ1) is 48.8. The number of phosphoric ester groups is 1. The van der Waals surface area contributed by atoms with Gasteiger partial charge in [0, 0.05) is 19.3 Å². The topological polar surface area (TPSA) is 374 Å². The number of hydrogen-bond acceptors (Lipinski definition) is 23. The van der Waals surface area contributed by atoms with Crippen molar-refractivity contribution in [3.8, 4) is 0 Å². The zero-order valence-corrected chi connectivity index (χ0v) is 63.1. The van der Waals surface area contributed by atoms with Crippen LogP contribution in [0.4, 0.5) is 0 Å². The average molecular weight is 1470 g/mol. The van der Waals surface area contributed by atoms with Crippen LogP contribution in [0.15, 0.2) is 12.2 Å². The first-order valence-electron chi connectivity index (χ1n) is 40.0.